The maximum absolute atomic E-state index is 12.7. The van der Waals surface area contributed by atoms with Crippen LogP contribution in [0.2, 0.25) is 10.0 Å². The summed E-state index contributed by atoms with van der Waals surface area (Å²) in [6.45, 7) is 5.61. The number of rotatable bonds is 6. The average molecular weight is 511 g/mol. The first kappa shape index (κ1) is 23.0. The van der Waals surface area contributed by atoms with Crippen LogP contribution in [0.4, 0.5) is 5.13 Å². The third kappa shape index (κ3) is 4.26. The molecule has 2 aromatic rings. The molecule has 3 aliphatic rings. The Labute approximate surface area is 207 Å². The molecule has 0 spiro atoms. The van der Waals surface area contributed by atoms with Crippen LogP contribution in [-0.2, 0) is 4.74 Å². The van der Waals surface area contributed by atoms with E-state index >= 15 is 0 Å². The molecule has 3 heterocycles. The number of thiazole rings is 1. The van der Waals surface area contributed by atoms with E-state index in [-0.39, 0.29) is 22.9 Å². The second-order valence-electron chi connectivity index (χ2n) is 9.25. The fourth-order valence-corrected chi connectivity index (χ4v) is 6.78. The number of fused-ring (bicyclic) bond motifs is 1. The molecule has 2 N–H and O–H groups in total. The maximum atomic E-state index is 12.7. The lowest BCUT2D eigenvalue weighted by molar-refractivity contribution is 0.0529. The van der Waals surface area contributed by atoms with E-state index in [0.29, 0.717) is 45.6 Å². The number of ether oxygens (including phenoxy) is 1. The van der Waals surface area contributed by atoms with E-state index in [1.165, 1.54) is 30.6 Å². The first-order chi connectivity index (χ1) is 15.9. The van der Waals surface area contributed by atoms with Gasteiger partial charge in [-0.05, 0) is 26.7 Å². The number of carbonyl (C=O) groups is 2. The molecule has 2 saturated carbocycles. The van der Waals surface area contributed by atoms with E-state index in [0.717, 1.165) is 36.8 Å². The molecule has 7 nitrogen and oxygen atoms in total. The van der Waals surface area contributed by atoms with Crippen molar-refractivity contribution in [3.8, 4) is 0 Å². The lowest BCUT2D eigenvalue weighted by atomic mass is 9.86. The van der Waals surface area contributed by atoms with Crippen molar-refractivity contribution in [3.05, 3.63) is 32.0 Å². The highest BCUT2D eigenvalue weighted by Crippen LogP contribution is 2.48. The smallest absolute Gasteiger partial charge is 0.350 e. The van der Waals surface area contributed by atoms with E-state index in [4.69, 9.17) is 32.9 Å². The van der Waals surface area contributed by atoms with Crippen LogP contribution in [0.5, 0.6) is 0 Å². The summed E-state index contributed by atoms with van der Waals surface area (Å²) in [6.07, 6.45) is 5.79. The van der Waals surface area contributed by atoms with Crippen LogP contribution in [0, 0.1) is 18.8 Å². The number of halogens is 2. The largest absolute Gasteiger partial charge is 0.462 e. The summed E-state index contributed by atoms with van der Waals surface area (Å²) in [5.41, 5.74) is 1.92. The molecule has 0 unspecified atom stereocenters. The third-order valence-electron chi connectivity index (χ3n) is 7.14. The summed E-state index contributed by atoms with van der Waals surface area (Å²) >= 11 is 13.7. The first-order valence-electron chi connectivity index (χ1n) is 11.7. The number of piperidine rings is 1. The van der Waals surface area contributed by atoms with Crippen LogP contribution >= 0.6 is 34.5 Å². The lowest BCUT2D eigenvalue weighted by Gasteiger charge is -2.21. The van der Waals surface area contributed by atoms with Crippen molar-refractivity contribution in [1.82, 2.24) is 15.3 Å². The Balaban J connectivity index is 1.26. The number of esters is 1. The minimum absolute atomic E-state index is 0.120. The molecule has 1 amide bonds. The highest BCUT2D eigenvalue weighted by molar-refractivity contribution is 7.17. The molecule has 2 aromatic heterocycles. The molecular formula is C23H28Cl2N4O3S. The van der Waals surface area contributed by atoms with Crippen LogP contribution in [0.3, 0.4) is 0 Å². The predicted octanol–water partition coefficient (Wildman–Crippen LogP) is 5.18. The zero-order chi connectivity index (χ0) is 23.3. The molecule has 10 heteroatoms. The number of anilines is 1. The molecule has 1 saturated heterocycles. The summed E-state index contributed by atoms with van der Waals surface area (Å²) in [5, 5.41) is 4.65. The van der Waals surface area contributed by atoms with Crippen LogP contribution < -0.4 is 10.2 Å². The highest BCUT2D eigenvalue weighted by atomic mass is 35.5. The molecule has 0 radical (unpaired) electrons. The Bertz CT molecular complexity index is 1070. The van der Waals surface area contributed by atoms with E-state index in [2.05, 4.69) is 15.2 Å². The van der Waals surface area contributed by atoms with Crippen molar-refractivity contribution in [1.29, 1.82) is 0 Å². The van der Waals surface area contributed by atoms with Crippen LogP contribution in [0.1, 0.15) is 76.5 Å². The molecule has 2 aliphatic carbocycles. The van der Waals surface area contributed by atoms with E-state index in [9.17, 15) is 9.59 Å². The molecule has 0 bridgehead atoms. The Morgan fingerprint density at radius 2 is 1.88 bits per heavy atom. The molecule has 3 fully saturated rings. The predicted molar refractivity (Wildman–Crippen MR) is 130 cm³/mol. The van der Waals surface area contributed by atoms with Crippen LogP contribution in [-0.4, -0.2) is 47.6 Å². The molecule has 0 aromatic carbocycles. The zero-order valence-corrected chi connectivity index (χ0v) is 21.1. The summed E-state index contributed by atoms with van der Waals surface area (Å²) in [6, 6.07) is 0.120. The minimum Gasteiger partial charge on any atom is -0.462 e. The number of aryl methyl sites for hydroxylation is 1. The summed E-state index contributed by atoms with van der Waals surface area (Å²) in [7, 11) is 0. The summed E-state index contributed by atoms with van der Waals surface area (Å²) < 4.78 is 5.33. The van der Waals surface area contributed by atoms with Crippen LogP contribution in [0.25, 0.3) is 0 Å². The number of H-pyrrole nitrogens is 1. The Morgan fingerprint density at radius 1 is 1.18 bits per heavy atom. The van der Waals surface area contributed by atoms with Gasteiger partial charge in [0.2, 0.25) is 0 Å². The molecule has 178 valence electrons. The molecule has 5 rings (SSSR count). The van der Waals surface area contributed by atoms with Crippen molar-refractivity contribution in [3.63, 3.8) is 0 Å². The number of nitrogens with one attached hydrogen (secondary N) is 2. The lowest BCUT2D eigenvalue weighted by Crippen LogP contribution is -2.34. The minimum atomic E-state index is -0.256. The van der Waals surface area contributed by atoms with Gasteiger partial charge >= 0.3 is 5.97 Å². The highest BCUT2D eigenvalue weighted by Gasteiger charge is 2.57. The van der Waals surface area contributed by atoms with E-state index in [1.807, 2.05) is 6.92 Å². The standard InChI is InChI=1S/C23H28Cl2N4O3S/c1-3-32-22(31)20-17(12-7-5-4-6-8-12)28-23(33-20)29-9-13-14(10-29)18(13)27-21(30)19-16(25)15(24)11(2)26-19/h12-14,18,26H,3-10H2,1-2H3,(H,27,30)/t13-,14+,18+. The Morgan fingerprint density at radius 3 is 2.48 bits per heavy atom. The van der Waals surface area contributed by atoms with Crippen molar-refractivity contribution in [2.24, 2.45) is 11.8 Å². The van der Waals surface area contributed by atoms with Gasteiger partial charge in [-0.2, -0.15) is 0 Å². The number of nitrogens with zero attached hydrogens (tertiary/aromatic N) is 2. The number of hydrogen-bond acceptors (Lipinski definition) is 6. The maximum Gasteiger partial charge on any atom is 0.350 e. The average Bonchev–Trinajstić information content (AvgIpc) is 3.19. The van der Waals surface area contributed by atoms with Gasteiger partial charge in [-0.15, -0.1) is 0 Å². The number of amides is 1. The SMILES string of the molecule is CCOC(=O)c1sc(N2C[C@@H]3[C@H](C2)[C@H]3NC(=O)c2[nH]c(C)c(Cl)c2Cl)nc1C1CCCCC1. The van der Waals surface area contributed by atoms with Crippen molar-refractivity contribution < 1.29 is 14.3 Å². The van der Waals surface area contributed by atoms with E-state index < -0.39 is 0 Å². The number of hydrogen-bond donors (Lipinski definition) is 2. The summed E-state index contributed by atoms with van der Waals surface area (Å²) in [5.74, 6) is 0.597. The monoisotopic (exact) mass is 510 g/mol. The Hall–Kier alpha value is -1.77. The number of carbonyl (C=O) groups excluding carboxylic acids is 2. The quantitative estimate of drug-likeness (QED) is 0.523. The van der Waals surface area contributed by atoms with Crippen LogP contribution in [0.15, 0.2) is 0 Å². The van der Waals surface area contributed by atoms with Gasteiger partial charge in [-0.25, -0.2) is 9.78 Å². The van der Waals surface area contributed by atoms with Gasteiger partial charge in [0.05, 0.1) is 22.3 Å². The van der Waals surface area contributed by atoms with Gasteiger partial charge in [0, 0.05) is 42.6 Å². The van der Waals surface area contributed by atoms with Gasteiger partial charge in [0.1, 0.15) is 10.6 Å². The number of aromatic amines is 1. The van der Waals surface area contributed by atoms with Gasteiger partial charge in [-0.3, -0.25) is 4.79 Å². The second kappa shape index (κ2) is 9.12. The third-order valence-corrected chi connectivity index (χ3v) is 9.20. The van der Waals surface area contributed by atoms with Gasteiger partial charge in [0.15, 0.2) is 5.13 Å². The molecular weight excluding hydrogens is 483 g/mol. The van der Waals surface area contributed by atoms with Gasteiger partial charge in [0.25, 0.3) is 5.91 Å². The fraction of sp³-hybridized carbons (Fsp3) is 0.609. The topological polar surface area (TPSA) is 87.3 Å². The second-order valence-corrected chi connectivity index (χ2v) is 11.0. The molecule has 33 heavy (non-hydrogen) atoms. The van der Waals surface area contributed by atoms with Gasteiger partial charge < -0.3 is 19.9 Å². The zero-order valence-electron chi connectivity index (χ0n) is 18.7. The van der Waals surface area contributed by atoms with Crippen molar-refractivity contribution in [2.45, 2.75) is 57.9 Å². The number of aromatic nitrogens is 2. The Kier molecular flexibility index (Phi) is 6.35. The summed E-state index contributed by atoms with van der Waals surface area (Å²) in [4.78, 5) is 36.1. The normalized spacial score (nSPS) is 24.6. The van der Waals surface area contributed by atoms with E-state index in [1.54, 1.807) is 6.92 Å². The van der Waals surface area contributed by atoms with Crippen molar-refractivity contribution >= 4 is 51.5 Å². The first-order valence-corrected chi connectivity index (χ1v) is 13.2. The fourth-order valence-electron chi connectivity index (χ4n) is 5.30. The van der Waals surface area contributed by atoms with Crippen molar-refractivity contribution in [2.75, 3.05) is 24.6 Å². The molecule has 1 aliphatic heterocycles. The van der Waals surface area contributed by atoms with Gasteiger partial charge in [-0.1, -0.05) is 53.8 Å². The molecule has 3 atom stereocenters.